The molecule has 8 bridgehead atoms. The summed E-state index contributed by atoms with van der Waals surface area (Å²) in [5.41, 5.74) is 12.6. The summed E-state index contributed by atoms with van der Waals surface area (Å²) in [6.07, 6.45) is 7.28. The number of aromatic nitrogens is 2. The SMILES string of the molecule is CC1=C2/C=c3\[nH]/c(c(C)c3C)=C\c3[nH]c4c(c3C)C(=O)C/C4=C3/NC(/C=C(\N2)C1C)[C@@H](C)[C@@H]3C. The van der Waals surface area contributed by atoms with Gasteiger partial charge in [0.2, 0.25) is 0 Å². The topological polar surface area (TPSA) is 72.7 Å². The van der Waals surface area contributed by atoms with Crippen molar-refractivity contribution in [2.24, 2.45) is 17.8 Å². The van der Waals surface area contributed by atoms with Crippen molar-refractivity contribution in [1.29, 1.82) is 0 Å². The molecule has 4 atom stereocenters. The van der Waals surface area contributed by atoms with Crippen molar-refractivity contribution in [1.82, 2.24) is 20.6 Å². The lowest BCUT2D eigenvalue weighted by Gasteiger charge is -2.16. The van der Waals surface area contributed by atoms with E-state index in [1.54, 1.807) is 0 Å². The van der Waals surface area contributed by atoms with Gasteiger partial charge in [-0.15, -0.1) is 0 Å². The quantitative estimate of drug-likeness (QED) is 0.489. The van der Waals surface area contributed by atoms with Gasteiger partial charge in [-0.25, -0.2) is 0 Å². The van der Waals surface area contributed by atoms with Gasteiger partial charge in [0.05, 0.1) is 5.69 Å². The summed E-state index contributed by atoms with van der Waals surface area (Å²) in [4.78, 5) is 20.4. The first-order valence-electron chi connectivity index (χ1n) is 12.5. The highest BCUT2D eigenvalue weighted by Gasteiger charge is 2.39. The standard InChI is InChI=1S/C29H34N4O/c1-12-14(3)22-10-24-16(5)17(6)28(32-24)19-8-26(34)27-18(7)25(33-29(19)27)11-23-15(4)13(2)21(31-23)9-20(12)30-22/h9-11,14,16-17,24,30-33H,8H2,1-7H3/b21-9-,22-10-,23-11-,28-19-/t14?,16-,17-,24?/m0/s1. The minimum absolute atomic E-state index is 0.222. The molecule has 4 aliphatic rings. The van der Waals surface area contributed by atoms with Crippen LogP contribution in [-0.2, 0) is 0 Å². The van der Waals surface area contributed by atoms with Crippen LogP contribution in [0.3, 0.4) is 0 Å². The Kier molecular flexibility index (Phi) is 4.48. The predicted octanol–water partition coefficient (Wildman–Crippen LogP) is 3.83. The molecule has 1 aliphatic carbocycles. The van der Waals surface area contributed by atoms with Gasteiger partial charge in [0.15, 0.2) is 5.78 Å². The summed E-state index contributed by atoms with van der Waals surface area (Å²) >= 11 is 0. The summed E-state index contributed by atoms with van der Waals surface area (Å²) < 4.78 is 0. The van der Waals surface area contributed by atoms with E-state index in [0.29, 0.717) is 24.2 Å². The van der Waals surface area contributed by atoms with Crippen molar-refractivity contribution in [2.75, 3.05) is 0 Å². The molecule has 176 valence electrons. The van der Waals surface area contributed by atoms with Crippen LogP contribution in [0.2, 0.25) is 0 Å². The number of H-pyrrole nitrogens is 2. The normalized spacial score (nSPS) is 33.1. The summed E-state index contributed by atoms with van der Waals surface area (Å²) in [6, 6.07) is 0.227. The summed E-state index contributed by atoms with van der Waals surface area (Å²) in [5, 5.41) is 9.77. The highest BCUT2D eigenvalue weighted by atomic mass is 16.1. The molecule has 6 rings (SSSR count). The van der Waals surface area contributed by atoms with Crippen LogP contribution >= 0.6 is 0 Å². The molecule has 5 heterocycles. The maximum Gasteiger partial charge on any atom is 0.169 e. The van der Waals surface area contributed by atoms with Crippen molar-refractivity contribution < 1.29 is 4.79 Å². The monoisotopic (exact) mass is 454 g/mol. The molecule has 4 N–H and O–H groups in total. The summed E-state index contributed by atoms with van der Waals surface area (Å²) in [7, 11) is 0. The first kappa shape index (κ1) is 21.3. The molecule has 3 aliphatic heterocycles. The molecule has 0 spiro atoms. The van der Waals surface area contributed by atoms with Crippen LogP contribution in [0.1, 0.15) is 72.6 Å². The third kappa shape index (κ3) is 2.82. The van der Waals surface area contributed by atoms with Crippen LogP contribution in [0, 0.1) is 38.5 Å². The average Bonchev–Trinajstić information content (AvgIpc) is 3.52. The number of hydrogen-bond donors (Lipinski definition) is 4. The van der Waals surface area contributed by atoms with E-state index in [1.807, 2.05) is 0 Å². The fourth-order valence-corrected chi connectivity index (χ4v) is 6.14. The van der Waals surface area contributed by atoms with Crippen molar-refractivity contribution in [2.45, 2.75) is 60.9 Å². The first-order chi connectivity index (χ1) is 16.2. The Balaban J connectivity index is 1.66. The van der Waals surface area contributed by atoms with Gasteiger partial charge < -0.3 is 20.6 Å². The molecule has 0 aromatic carbocycles. The van der Waals surface area contributed by atoms with Crippen LogP contribution in [-0.4, -0.2) is 21.8 Å². The smallest absolute Gasteiger partial charge is 0.169 e. The van der Waals surface area contributed by atoms with E-state index in [4.69, 9.17) is 0 Å². The lowest BCUT2D eigenvalue weighted by molar-refractivity contribution is 0.100. The number of carbonyl (C=O) groups is 1. The minimum atomic E-state index is 0.222. The molecule has 2 unspecified atom stereocenters. The molecular weight excluding hydrogens is 420 g/mol. The molecule has 1 fully saturated rings. The Morgan fingerprint density at radius 1 is 0.912 bits per heavy atom. The van der Waals surface area contributed by atoms with Gasteiger partial charge >= 0.3 is 0 Å². The second kappa shape index (κ2) is 7.14. The van der Waals surface area contributed by atoms with E-state index < -0.39 is 0 Å². The van der Waals surface area contributed by atoms with Gasteiger partial charge in [0, 0.05) is 68.9 Å². The molecular formula is C29H34N4O. The lowest BCUT2D eigenvalue weighted by Crippen LogP contribution is -2.25. The number of hydrogen-bond acceptors (Lipinski definition) is 3. The fourth-order valence-electron chi connectivity index (χ4n) is 6.14. The number of aromatic amines is 2. The Morgan fingerprint density at radius 3 is 2.35 bits per heavy atom. The van der Waals surface area contributed by atoms with Crippen LogP contribution in [0.25, 0.3) is 17.7 Å². The van der Waals surface area contributed by atoms with E-state index in [2.05, 4.69) is 87.3 Å². The molecule has 34 heavy (non-hydrogen) atoms. The third-order valence-corrected chi connectivity index (χ3v) is 9.06. The Morgan fingerprint density at radius 2 is 1.62 bits per heavy atom. The van der Waals surface area contributed by atoms with Crippen LogP contribution in [0.4, 0.5) is 0 Å². The highest BCUT2D eigenvalue weighted by molar-refractivity contribution is 6.13. The van der Waals surface area contributed by atoms with Gasteiger partial charge in [0.1, 0.15) is 0 Å². The van der Waals surface area contributed by atoms with E-state index >= 15 is 0 Å². The number of rotatable bonds is 0. The maximum absolute atomic E-state index is 13.1. The van der Waals surface area contributed by atoms with Crippen LogP contribution in [0.15, 0.2) is 28.7 Å². The molecule has 1 saturated heterocycles. The number of ketones is 1. The molecule has 2 aromatic rings. The summed E-state index contributed by atoms with van der Waals surface area (Å²) in [6.45, 7) is 15.5. The molecule has 0 radical (unpaired) electrons. The van der Waals surface area contributed by atoms with Crippen LogP contribution < -0.4 is 21.3 Å². The minimum Gasteiger partial charge on any atom is -0.381 e. The number of fused-ring (bicyclic) bond motifs is 7. The predicted molar refractivity (Wildman–Crippen MR) is 137 cm³/mol. The zero-order valence-electron chi connectivity index (χ0n) is 21.2. The van der Waals surface area contributed by atoms with Gasteiger partial charge in [-0.3, -0.25) is 4.79 Å². The Hall–Kier alpha value is -3.21. The molecule has 2 aromatic heterocycles. The van der Waals surface area contributed by atoms with Crippen molar-refractivity contribution in [3.63, 3.8) is 0 Å². The van der Waals surface area contributed by atoms with Crippen molar-refractivity contribution >= 4 is 23.5 Å². The van der Waals surface area contributed by atoms with E-state index in [0.717, 1.165) is 38.8 Å². The summed E-state index contributed by atoms with van der Waals surface area (Å²) in [5.74, 6) is 1.36. The lowest BCUT2D eigenvalue weighted by atomic mass is 9.89. The second-order valence-electron chi connectivity index (χ2n) is 10.8. The van der Waals surface area contributed by atoms with Gasteiger partial charge in [-0.1, -0.05) is 20.8 Å². The first-order valence-corrected chi connectivity index (χ1v) is 12.5. The number of nitrogens with one attached hydrogen (secondary N) is 4. The largest absolute Gasteiger partial charge is 0.381 e. The number of allylic oxidation sites excluding steroid dienone is 4. The van der Waals surface area contributed by atoms with Crippen molar-refractivity contribution in [3.8, 4) is 0 Å². The van der Waals surface area contributed by atoms with Gasteiger partial charge in [0.25, 0.3) is 0 Å². The zero-order valence-corrected chi connectivity index (χ0v) is 21.2. The number of Topliss-reactive ketones (excluding diaryl/α,β-unsaturated/α-hetero) is 1. The Bertz CT molecular complexity index is 1490. The average molecular weight is 455 g/mol. The third-order valence-electron chi connectivity index (χ3n) is 9.06. The molecule has 5 nitrogen and oxygen atoms in total. The van der Waals surface area contributed by atoms with Gasteiger partial charge in [-0.2, -0.15) is 0 Å². The fraction of sp³-hybridized carbons (Fsp3) is 0.414. The van der Waals surface area contributed by atoms with E-state index in [-0.39, 0.29) is 11.8 Å². The van der Waals surface area contributed by atoms with E-state index in [1.165, 1.54) is 33.8 Å². The zero-order chi connectivity index (χ0) is 24.0. The number of carbonyl (C=O) groups excluding carboxylic acids is 1. The molecule has 5 heteroatoms. The molecule has 0 saturated carbocycles. The Labute approximate surface area is 200 Å². The second-order valence-corrected chi connectivity index (χ2v) is 10.8. The van der Waals surface area contributed by atoms with E-state index in [9.17, 15) is 4.79 Å². The van der Waals surface area contributed by atoms with Gasteiger partial charge in [-0.05, 0) is 74.1 Å². The molecule has 0 amide bonds. The maximum atomic E-state index is 13.1. The van der Waals surface area contributed by atoms with Crippen molar-refractivity contribution in [3.05, 3.63) is 73.1 Å². The highest BCUT2D eigenvalue weighted by Crippen LogP contribution is 2.43. The van der Waals surface area contributed by atoms with Crippen LogP contribution in [0.5, 0.6) is 0 Å².